The molecule has 0 aromatic heterocycles. The number of aliphatic hydroxyl groups excluding tert-OH is 1. The number of fused-ring (bicyclic) bond motifs is 3. The van der Waals surface area contributed by atoms with Crippen molar-refractivity contribution in [3.05, 3.63) is 65.2 Å². The van der Waals surface area contributed by atoms with E-state index >= 15 is 0 Å². The van der Waals surface area contributed by atoms with Crippen molar-refractivity contribution >= 4 is 29.0 Å². The maximum Gasteiger partial charge on any atom is 0.235 e. The van der Waals surface area contributed by atoms with Gasteiger partial charge < -0.3 is 21.1 Å². The van der Waals surface area contributed by atoms with Crippen LogP contribution in [0.4, 0.5) is 0 Å². The van der Waals surface area contributed by atoms with Crippen molar-refractivity contribution in [1.82, 2.24) is 0 Å². The summed E-state index contributed by atoms with van der Waals surface area (Å²) in [7, 11) is 0. The number of carbonyl (C=O) groups excluding carboxylic acids is 5. The van der Waals surface area contributed by atoms with Crippen molar-refractivity contribution in [3.63, 3.8) is 0 Å². The molecule has 3 aliphatic rings. The molecule has 37 heavy (non-hydrogen) atoms. The summed E-state index contributed by atoms with van der Waals surface area (Å²) in [6.07, 6.45) is -0.440. The number of phenols is 1. The number of rotatable bonds is 5. The molecule has 9 nitrogen and oxygen atoms in total. The zero-order chi connectivity index (χ0) is 26.6. The predicted octanol–water partition coefficient (Wildman–Crippen LogP) is 0.862. The number of benzene rings is 2. The Bertz CT molecular complexity index is 1320. The third-order valence-corrected chi connectivity index (χ3v) is 8.34. The molecule has 1 amide bonds. The number of aromatic hydroxyl groups is 1. The van der Waals surface area contributed by atoms with Gasteiger partial charge in [-0.1, -0.05) is 42.5 Å². The molecule has 2 saturated carbocycles. The predicted molar refractivity (Wildman–Crippen MR) is 128 cm³/mol. The maximum absolute atomic E-state index is 13.8. The first-order valence-electron chi connectivity index (χ1n) is 12.3. The Morgan fingerprint density at radius 1 is 1.00 bits per heavy atom. The van der Waals surface area contributed by atoms with Crippen molar-refractivity contribution < 1.29 is 39.3 Å². The third kappa shape index (κ3) is 3.64. The monoisotopic (exact) mass is 505 g/mol. The molecular weight excluding hydrogens is 478 g/mol. The number of aryl methyl sites for hydroxylation is 1. The van der Waals surface area contributed by atoms with E-state index in [1.54, 1.807) is 12.1 Å². The van der Waals surface area contributed by atoms with Gasteiger partial charge in [0.2, 0.25) is 5.91 Å². The number of primary amides is 1. The normalized spacial score (nSPS) is 32.9. The van der Waals surface area contributed by atoms with Gasteiger partial charge in [-0.25, -0.2) is 0 Å². The molecule has 7 atom stereocenters. The van der Waals surface area contributed by atoms with Crippen LogP contribution in [0.15, 0.2) is 48.5 Å². The number of amides is 1. The summed E-state index contributed by atoms with van der Waals surface area (Å²) >= 11 is 0. The first-order chi connectivity index (χ1) is 17.6. The highest BCUT2D eigenvalue weighted by atomic mass is 16.3. The highest BCUT2D eigenvalue weighted by Gasteiger charge is 2.70. The molecule has 3 aliphatic carbocycles. The number of nitrogens with two attached hydrogens (primary N) is 1. The summed E-state index contributed by atoms with van der Waals surface area (Å²) in [5.41, 5.74) is 3.77. The number of Topliss-reactive ketones (excluding diaryl/α,β-unsaturated/α-hetero) is 4. The second-order valence-corrected chi connectivity index (χ2v) is 10.2. The fourth-order valence-electron chi connectivity index (χ4n) is 6.65. The van der Waals surface area contributed by atoms with E-state index in [0.29, 0.717) is 24.8 Å². The van der Waals surface area contributed by atoms with Crippen LogP contribution in [0.1, 0.15) is 46.7 Å². The number of aliphatic hydroxyl groups is 2. The Kier molecular flexibility index (Phi) is 6.08. The molecular formula is C28H27NO8. The summed E-state index contributed by atoms with van der Waals surface area (Å²) in [5.74, 6) is -12.7. The van der Waals surface area contributed by atoms with Gasteiger partial charge in [-0.05, 0) is 42.4 Å². The molecule has 9 heteroatoms. The smallest absolute Gasteiger partial charge is 0.235 e. The third-order valence-electron chi connectivity index (χ3n) is 8.34. The molecule has 2 unspecified atom stereocenters. The average molecular weight is 506 g/mol. The lowest BCUT2D eigenvalue weighted by Gasteiger charge is -2.53. The number of hydrogen-bond donors (Lipinski definition) is 4. The van der Waals surface area contributed by atoms with Gasteiger partial charge in [0.1, 0.15) is 5.75 Å². The van der Waals surface area contributed by atoms with Gasteiger partial charge in [-0.3, -0.25) is 24.0 Å². The van der Waals surface area contributed by atoms with E-state index in [-0.39, 0.29) is 11.3 Å². The molecule has 5 rings (SSSR count). The van der Waals surface area contributed by atoms with E-state index in [1.807, 2.05) is 30.3 Å². The lowest BCUT2D eigenvalue weighted by molar-refractivity contribution is -0.189. The topological polar surface area (TPSA) is 172 Å². The second kappa shape index (κ2) is 9.00. The Morgan fingerprint density at radius 2 is 1.70 bits per heavy atom. The van der Waals surface area contributed by atoms with E-state index in [9.17, 15) is 39.3 Å². The van der Waals surface area contributed by atoms with Gasteiger partial charge >= 0.3 is 0 Å². The Morgan fingerprint density at radius 3 is 2.38 bits per heavy atom. The lowest BCUT2D eigenvalue weighted by atomic mass is 9.50. The van der Waals surface area contributed by atoms with E-state index in [2.05, 4.69) is 0 Å². The Hall–Kier alpha value is -3.69. The number of carbonyl (C=O) groups is 5. The van der Waals surface area contributed by atoms with E-state index < -0.39 is 76.8 Å². The summed E-state index contributed by atoms with van der Waals surface area (Å²) < 4.78 is 0. The highest BCUT2D eigenvalue weighted by molar-refractivity contribution is 6.31. The summed E-state index contributed by atoms with van der Waals surface area (Å²) in [4.78, 5) is 64.9. The zero-order valence-corrected chi connectivity index (χ0v) is 19.9. The molecule has 0 bridgehead atoms. The maximum atomic E-state index is 13.8. The molecule has 0 heterocycles. The van der Waals surface area contributed by atoms with Crippen LogP contribution in [0.25, 0.3) is 0 Å². The van der Waals surface area contributed by atoms with Gasteiger partial charge in [-0.15, -0.1) is 0 Å². The molecule has 2 aromatic rings. The average Bonchev–Trinajstić information content (AvgIpc) is 2.86. The van der Waals surface area contributed by atoms with Crippen molar-refractivity contribution in [2.75, 3.05) is 0 Å². The summed E-state index contributed by atoms with van der Waals surface area (Å²) in [5, 5.41) is 33.4. The Labute approximate surface area is 212 Å². The van der Waals surface area contributed by atoms with Gasteiger partial charge in [0.05, 0.1) is 17.6 Å². The van der Waals surface area contributed by atoms with E-state index in [1.165, 1.54) is 6.07 Å². The molecule has 2 fully saturated rings. The zero-order valence-electron chi connectivity index (χ0n) is 19.9. The van der Waals surface area contributed by atoms with E-state index in [0.717, 1.165) is 5.56 Å². The molecule has 0 radical (unpaired) electrons. The van der Waals surface area contributed by atoms with Gasteiger partial charge in [0.15, 0.2) is 34.7 Å². The van der Waals surface area contributed by atoms with Crippen LogP contribution in [0.5, 0.6) is 5.75 Å². The standard InChI is InChI=1S/C28H27NO8/c29-27(36)21-18(31)12-16-23(32)20-15(9-4-8-13-6-2-1-3-7-13)14-10-5-11-17(30)19(14)24(33)22(20)26(35)28(16,37)25(21)34/h1-3,5-7,10-11,15-16,20-23,30,32,37H,4,8-9,12H2,(H2,29,36)/t15-,16+,20+,21?,22?,23+,28+/m0/s1. The Balaban J connectivity index is 1.58. The SMILES string of the molecule is NC(=O)C1C(=O)C[C@@H]2[C@@H](O)[C@H]3C(C(=O)c4c(O)cccc4[C@@H]3CCCc3ccccc3)C(=O)[C@]2(O)C1=O. The van der Waals surface area contributed by atoms with Crippen molar-refractivity contribution in [3.8, 4) is 5.75 Å². The van der Waals surface area contributed by atoms with Gasteiger partial charge in [0, 0.05) is 18.3 Å². The van der Waals surface area contributed by atoms with Crippen molar-refractivity contribution in [1.29, 1.82) is 0 Å². The molecule has 0 saturated heterocycles. The lowest BCUT2D eigenvalue weighted by Crippen LogP contribution is -2.72. The first-order valence-corrected chi connectivity index (χ1v) is 12.3. The van der Waals surface area contributed by atoms with Crippen LogP contribution >= 0.6 is 0 Å². The number of phenolic OH excluding ortho intramolecular Hbond substituents is 1. The minimum absolute atomic E-state index is 0.0816. The van der Waals surface area contributed by atoms with Crippen LogP contribution in [-0.4, -0.2) is 56.1 Å². The van der Waals surface area contributed by atoms with Crippen LogP contribution < -0.4 is 5.73 Å². The molecule has 2 aromatic carbocycles. The summed E-state index contributed by atoms with van der Waals surface area (Å²) in [6.45, 7) is 0. The second-order valence-electron chi connectivity index (χ2n) is 10.2. The fourth-order valence-corrected chi connectivity index (χ4v) is 6.65. The molecule has 5 N–H and O–H groups in total. The number of ketones is 4. The van der Waals surface area contributed by atoms with E-state index in [4.69, 9.17) is 5.73 Å². The van der Waals surface area contributed by atoms with Gasteiger partial charge in [0.25, 0.3) is 0 Å². The molecule has 192 valence electrons. The fraction of sp³-hybridized carbons (Fsp3) is 0.393. The minimum atomic E-state index is -2.92. The number of hydrogen-bond acceptors (Lipinski definition) is 8. The van der Waals surface area contributed by atoms with Crippen LogP contribution in [0.3, 0.4) is 0 Å². The van der Waals surface area contributed by atoms with Crippen LogP contribution in [0.2, 0.25) is 0 Å². The highest BCUT2D eigenvalue weighted by Crippen LogP contribution is 2.55. The van der Waals surface area contributed by atoms with Crippen LogP contribution in [-0.2, 0) is 25.6 Å². The first kappa shape index (κ1) is 25.0. The quantitative estimate of drug-likeness (QED) is 0.433. The largest absolute Gasteiger partial charge is 0.507 e. The van der Waals surface area contributed by atoms with Crippen LogP contribution in [0, 0.1) is 23.7 Å². The van der Waals surface area contributed by atoms with Crippen molar-refractivity contribution in [2.45, 2.75) is 43.3 Å². The molecule has 0 aliphatic heterocycles. The molecule has 0 spiro atoms. The minimum Gasteiger partial charge on any atom is -0.507 e. The van der Waals surface area contributed by atoms with Gasteiger partial charge in [-0.2, -0.15) is 0 Å². The summed E-state index contributed by atoms with van der Waals surface area (Å²) in [6, 6.07) is 14.2. The van der Waals surface area contributed by atoms with Crippen molar-refractivity contribution in [2.24, 2.45) is 29.4 Å².